The minimum atomic E-state index is -0.296. The first kappa shape index (κ1) is 13.9. The van der Waals surface area contributed by atoms with Crippen LogP contribution in [-0.2, 0) is 4.79 Å². The zero-order chi connectivity index (χ0) is 14.4. The van der Waals surface area contributed by atoms with Crippen LogP contribution in [-0.4, -0.2) is 16.1 Å². The second kappa shape index (κ2) is 6.60. The number of anilines is 3. The highest BCUT2D eigenvalue weighted by Crippen LogP contribution is 2.15. The van der Waals surface area contributed by atoms with Crippen LogP contribution in [0, 0.1) is 5.82 Å². The lowest BCUT2D eigenvalue weighted by Crippen LogP contribution is -2.12. The van der Waals surface area contributed by atoms with E-state index in [0.717, 1.165) is 6.42 Å². The van der Waals surface area contributed by atoms with Crippen molar-refractivity contribution in [3.63, 3.8) is 0 Å². The summed E-state index contributed by atoms with van der Waals surface area (Å²) in [5, 5.41) is 13.5. The minimum absolute atomic E-state index is 0.0824. The van der Waals surface area contributed by atoms with E-state index in [1.807, 2.05) is 6.92 Å². The first-order chi connectivity index (χ1) is 9.67. The van der Waals surface area contributed by atoms with Gasteiger partial charge in [0, 0.05) is 12.1 Å². The molecule has 0 unspecified atom stereocenters. The van der Waals surface area contributed by atoms with Gasteiger partial charge in [-0.1, -0.05) is 6.92 Å². The van der Waals surface area contributed by atoms with Gasteiger partial charge in [0.05, 0.1) is 0 Å². The molecule has 2 aromatic rings. The zero-order valence-corrected chi connectivity index (χ0v) is 11.1. The zero-order valence-electron chi connectivity index (χ0n) is 11.1. The van der Waals surface area contributed by atoms with E-state index in [-0.39, 0.29) is 11.7 Å². The topological polar surface area (TPSA) is 66.9 Å². The summed E-state index contributed by atoms with van der Waals surface area (Å²) >= 11 is 0. The number of carbonyl (C=O) groups excluding carboxylic acids is 1. The van der Waals surface area contributed by atoms with Crippen LogP contribution in [0.25, 0.3) is 0 Å². The van der Waals surface area contributed by atoms with Gasteiger partial charge in [0.15, 0.2) is 11.6 Å². The third-order valence-electron chi connectivity index (χ3n) is 2.53. The molecule has 1 amide bonds. The van der Waals surface area contributed by atoms with Crippen LogP contribution < -0.4 is 10.6 Å². The maximum atomic E-state index is 12.8. The van der Waals surface area contributed by atoms with E-state index in [4.69, 9.17) is 0 Å². The fourth-order valence-corrected chi connectivity index (χ4v) is 1.58. The molecule has 5 nitrogen and oxygen atoms in total. The highest BCUT2D eigenvalue weighted by Gasteiger charge is 2.03. The summed E-state index contributed by atoms with van der Waals surface area (Å²) in [6.45, 7) is 1.93. The van der Waals surface area contributed by atoms with Gasteiger partial charge in [-0.25, -0.2) is 4.39 Å². The number of hydrogen-bond acceptors (Lipinski definition) is 4. The number of benzene rings is 1. The monoisotopic (exact) mass is 274 g/mol. The van der Waals surface area contributed by atoms with Gasteiger partial charge < -0.3 is 10.6 Å². The van der Waals surface area contributed by atoms with Gasteiger partial charge in [0.1, 0.15) is 5.82 Å². The SMILES string of the molecule is CCCC(=O)Nc1ccc(Nc2ccc(F)cc2)nn1. The highest BCUT2D eigenvalue weighted by atomic mass is 19.1. The Hall–Kier alpha value is -2.50. The van der Waals surface area contributed by atoms with Crippen LogP contribution in [0.1, 0.15) is 19.8 Å². The molecule has 1 aromatic carbocycles. The van der Waals surface area contributed by atoms with Gasteiger partial charge in [-0.15, -0.1) is 10.2 Å². The summed E-state index contributed by atoms with van der Waals surface area (Å²) in [5.74, 6) is 0.551. The van der Waals surface area contributed by atoms with Crippen molar-refractivity contribution in [3.8, 4) is 0 Å². The third-order valence-corrected chi connectivity index (χ3v) is 2.53. The number of nitrogens with zero attached hydrogens (tertiary/aromatic N) is 2. The van der Waals surface area contributed by atoms with Gasteiger partial charge in [-0.2, -0.15) is 0 Å². The number of nitrogens with one attached hydrogen (secondary N) is 2. The van der Waals surface area contributed by atoms with Crippen molar-refractivity contribution < 1.29 is 9.18 Å². The fourth-order valence-electron chi connectivity index (χ4n) is 1.58. The molecular formula is C14H15FN4O. The van der Waals surface area contributed by atoms with E-state index < -0.39 is 0 Å². The van der Waals surface area contributed by atoms with E-state index in [1.165, 1.54) is 12.1 Å². The van der Waals surface area contributed by atoms with Gasteiger partial charge in [-0.3, -0.25) is 4.79 Å². The Bertz CT molecular complexity index is 569. The molecule has 0 fully saturated rings. The highest BCUT2D eigenvalue weighted by molar-refractivity contribution is 5.89. The Labute approximate surface area is 116 Å². The van der Waals surface area contributed by atoms with Gasteiger partial charge >= 0.3 is 0 Å². The van der Waals surface area contributed by atoms with E-state index >= 15 is 0 Å². The minimum Gasteiger partial charge on any atom is -0.339 e. The van der Waals surface area contributed by atoms with Crippen LogP contribution in [0.4, 0.5) is 21.7 Å². The van der Waals surface area contributed by atoms with Crippen LogP contribution in [0.3, 0.4) is 0 Å². The lowest BCUT2D eigenvalue weighted by atomic mass is 10.3. The molecule has 0 aliphatic heterocycles. The van der Waals surface area contributed by atoms with Gasteiger partial charge in [0.25, 0.3) is 0 Å². The van der Waals surface area contributed by atoms with Crippen LogP contribution >= 0.6 is 0 Å². The molecule has 20 heavy (non-hydrogen) atoms. The molecule has 0 spiro atoms. The molecule has 0 saturated heterocycles. The summed E-state index contributed by atoms with van der Waals surface area (Å²) in [6, 6.07) is 9.27. The van der Waals surface area contributed by atoms with Gasteiger partial charge in [-0.05, 0) is 42.8 Å². The molecule has 0 aliphatic rings. The summed E-state index contributed by atoms with van der Waals surface area (Å²) in [5.41, 5.74) is 0.712. The molecule has 0 radical (unpaired) electrons. The molecule has 0 atom stereocenters. The Morgan fingerprint density at radius 2 is 1.75 bits per heavy atom. The predicted octanol–water partition coefficient (Wildman–Crippen LogP) is 3.10. The van der Waals surface area contributed by atoms with E-state index in [1.54, 1.807) is 24.3 Å². The van der Waals surface area contributed by atoms with Crippen molar-refractivity contribution in [1.29, 1.82) is 0 Å². The Morgan fingerprint density at radius 3 is 2.35 bits per heavy atom. The first-order valence-electron chi connectivity index (χ1n) is 6.33. The van der Waals surface area contributed by atoms with Crippen molar-refractivity contribution in [3.05, 3.63) is 42.2 Å². The first-order valence-corrected chi connectivity index (χ1v) is 6.33. The predicted molar refractivity (Wildman–Crippen MR) is 75.3 cm³/mol. The number of amides is 1. The summed E-state index contributed by atoms with van der Waals surface area (Å²) < 4.78 is 12.8. The van der Waals surface area contributed by atoms with Crippen LogP contribution in [0.15, 0.2) is 36.4 Å². The summed E-state index contributed by atoms with van der Waals surface area (Å²) in [7, 11) is 0. The van der Waals surface area contributed by atoms with E-state index in [2.05, 4.69) is 20.8 Å². The summed E-state index contributed by atoms with van der Waals surface area (Å²) in [4.78, 5) is 11.4. The van der Waals surface area contributed by atoms with Crippen molar-refractivity contribution in [2.24, 2.45) is 0 Å². The number of rotatable bonds is 5. The third kappa shape index (κ3) is 4.01. The second-order valence-corrected chi connectivity index (χ2v) is 4.23. The van der Waals surface area contributed by atoms with Gasteiger partial charge in [0.2, 0.25) is 5.91 Å². The maximum absolute atomic E-state index is 12.8. The molecule has 0 bridgehead atoms. The smallest absolute Gasteiger partial charge is 0.225 e. The largest absolute Gasteiger partial charge is 0.339 e. The number of hydrogen-bond donors (Lipinski definition) is 2. The van der Waals surface area contributed by atoms with Crippen molar-refractivity contribution in [1.82, 2.24) is 10.2 Å². The van der Waals surface area contributed by atoms with E-state index in [9.17, 15) is 9.18 Å². The number of halogens is 1. The Balaban J connectivity index is 1.97. The van der Waals surface area contributed by atoms with Crippen molar-refractivity contribution in [2.45, 2.75) is 19.8 Å². The molecule has 2 N–H and O–H groups in total. The molecule has 1 heterocycles. The summed E-state index contributed by atoms with van der Waals surface area (Å²) in [6.07, 6.45) is 1.24. The standard InChI is InChI=1S/C14H15FN4O/c1-2-3-14(20)17-13-9-8-12(18-19-13)16-11-6-4-10(15)5-7-11/h4-9H,2-3H2,1H3,(H,16,18)(H,17,19,20). The van der Waals surface area contributed by atoms with Crippen LogP contribution in [0.5, 0.6) is 0 Å². The molecule has 6 heteroatoms. The molecule has 0 aliphatic carbocycles. The fraction of sp³-hybridized carbons (Fsp3) is 0.214. The number of aromatic nitrogens is 2. The van der Waals surface area contributed by atoms with Crippen molar-refractivity contribution in [2.75, 3.05) is 10.6 Å². The van der Waals surface area contributed by atoms with E-state index in [0.29, 0.717) is 23.7 Å². The molecule has 2 rings (SSSR count). The molecule has 104 valence electrons. The Kier molecular flexibility index (Phi) is 4.60. The Morgan fingerprint density at radius 1 is 1.10 bits per heavy atom. The average Bonchev–Trinajstić information content (AvgIpc) is 2.44. The van der Waals surface area contributed by atoms with Crippen LogP contribution in [0.2, 0.25) is 0 Å². The maximum Gasteiger partial charge on any atom is 0.225 e. The average molecular weight is 274 g/mol. The number of carbonyl (C=O) groups is 1. The normalized spacial score (nSPS) is 10.1. The lowest BCUT2D eigenvalue weighted by Gasteiger charge is -2.06. The molecular weight excluding hydrogens is 259 g/mol. The second-order valence-electron chi connectivity index (χ2n) is 4.23. The lowest BCUT2D eigenvalue weighted by molar-refractivity contribution is -0.116. The molecule has 0 saturated carbocycles. The van der Waals surface area contributed by atoms with Crippen molar-refractivity contribution >= 4 is 23.2 Å². The quantitative estimate of drug-likeness (QED) is 0.879. The molecule has 1 aromatic heterocycles.